The van der Waals surface area contributed by atoms with Crippen LogP contribution in [0.5, 0.6) is 5.75 Å². The second-order valence-electron chi connectivity index (χ2n) is 6.85. The minimum Gasteiger partial charge on any atom is -0.490 e. The molecule has 1 saturated carbocycles. The normalized spacial score (nSPS) is 32.2. The molecule has 2 nitrogen and oxygen atoms in total. The van der Waals surface area contributed by atoms with Gasteiger partial charge in [-0.2, -0.15) is 5.26 Å². The molecule has 0 N–H and O–H groups in total. The smallest absolute Gasteiger partial charge is 0.123 e. The van der Waals surface area contributed by atoms with Gasteiger partial charge in [0, 0.05) is 12.8 Å². The van der Waals surface area contributed by atoms with Crippen LogP contribution in [0.3, 0.4) is 0 Å². The van der Waals surface area contributed by atoms with Gasteiger partial charge in [0.1, 0.15) is 11.9 Å². The fourth-order valence-corrected chi connectivity index (χ4v) is 3.99. The summed E-state index contributed by atoms with van der Waals surface area (Å²) in [5, 5.41) is 9.68. The Morgan fingerprint density at radius 1 is 1.45 bits per heavy atom. The van der Waals surface area contributed by atoms with Gasteiger partial charge >= 0.3 is 0 Å². The zero-order valence-corrected chi connectivity index (χ0v) is 12.5. The highest BCUT2D eigenvalue weighted by Gasteiger charge is 2.39. The first kappa shape index (κ1) is 13.5. The summed E-state index contributed by atoms with van der Waals surface area (Å²) in [6.45, 7) is 4.39. The van der Waals surface area contributed by atoms with Crippen molar-refractivity contribution in [1.29, 1.82) is 5.26 Å². The molecule has 3 atom stereocenters. The molecule has 0 saturated heterocycles. The van der Waals surface area contributed by atoms with Crippen molar-refractivity contribution in [3.63, 3.8) is 0 Å². The van der Waals surface area contributed by atoms with E-state index in [4.69, 9.17) is 4.74 Å². The third-order valence-corrected chi connectivity index (χ3v) is 4.90. The highest BCUT2D eigenvalue weighted by atomic mass is 16.5. The van der Waals surface area contributed by atoms with E-state index in [-0.39, 0.29) is 11.5 Å². The van der Waals surface area contributed by atoms with Crippen LogP contribution < -0.4 is 4.74 Å². The Kier molecular flexibility index (Phi) is 3.46. The molecule has 20 heavy (non-hydrogen) atoms. The number of benzene rings is 1. The van der Waals surface area contributed by atoms with Gasteiger partial charge in [-0.05, 0) is 37.3 Å². The van der Waals surface area contributed by atoms with Crippen LogP contribution in [0.2, 0.25) is 0 Å². The predicted octanol–water partition coefficient (Wildman–Crippen LogP) is 4.41. The molecule has 2 heteroatoms. The van der Waals surface area contributed by atoms with E-state index in [1.54, 1.807) is 0 Å². The summed E-state index contributed by atoms with van der Waals surface area (Å²) in [6, 6.07) is 9.03. The molecule has 3 unspecified atom stereocenters. The van der Waals surface area contributed by atoms with E-state index in [1.807, 2.05) is 0 Å². The number of nitrogens with zero attached hydrogens (tertiary/aromatic N) is 1. The molecule has 0 spiro atoms. The highest BCUT2D eigenvalue weighted by molar-refractivity contribution is 5.40. The molecule has 0 aromatic heterocycles. The number of aryl methyl sites for hydroxylation is 1. The fourth-order valence-electron chi connectivity index (χ4n) is 3.99. The Labute approximate surface area is 121 Å². The van der Waals surface area contributed by atoms with E-state index < -0.39 is 0 Å². The Bertz CT molecular complexity index is 545. The summed E-state index contributed by atoms with van der Waals surface area (Å²) in [5.41, 5.74) is 2.45. The van der Waals surface area contributed by atoms with E-state index in [9.17, 15) is 5.26 Å². The Morgan fingerprint density at radius 3 is 3.05 bits per heavy atom. The lowest BCUT2D eigenvalue weighted by Crippen LogP contribution is -2.32. The van der Waals surface area contributed by atoms with Crippen molar-refractivity contribution >= 4 is 0 Å². The Hall–Kier alpha value is -1.49. The van der Waals surface area contributed by atoms with Gasteiger partial charge in [-0.15, -0.1) is 0 Å². The monoisotopic (exact) mass is 269 g/mol. The molecular formula is C18H23NO. The van der Waals surface area contributed by atoms with Gasteiger partial charge in [0.2, 0.25) is 0 Å². The molecule has 0 amide bonds. The third-order valence-electron chi connectivity index (χ3n) is 4.90. The van der Waals surface area contributed by atoms with Crippen molar-refractivity contribution in [3.05, 3.63) is 29.3 Å². The van der Waals surface area contributed by atoms with Crippen molar-refractivity contribution < 1.29 is 4.74 Å². The van der Waals surface area contributed by atoms with Crippen LogP contribution in [0.25, 0.3) is 0 Å². The van der Waals surface area contributed by atoms with Crippen LogP contribution in [-0.2, 0) is 6.42 Å². The molecular weight excluding hydrogens is 246 g/mol. The molecule has 1 aromatic rings. The van der Waals surface area contributed by atoms with Gasteiger partial charge in [-0.3, -0.25) is 0 Å². The van der Waals surface area contributed by atoms with E-state index >= 15 is 0 Å². The highest BCUT2D eigenvalue weighted by Crippen LogP contribution is 2.44. The van der Waals surface area contributed by atoms with Crippen molar-refractivity contribution in [2.45, 2.75) is 58.5 Å². The summed E-state index contributed by atoms with van der Waals surface area (Å²) in [5.74, 6) is 1.70. The van der Waals surface area contributed by atoms with Crippen LogP contribution >= 0.6 is 0 Å². The first-order valence-corrected chi connectivity index (χ1v) is 7.78. The zero-order valence-electron chi connectivity index (χ0n) is 12.5. The van der Waals surface area contributed by atoms with Crippen LogP contribution in [0.1, 0.15) is 50.2 Å². The largest absolute Gasteiger partial charge is 0.490 e. The number of fused-ring (bicyclic) bond motifs is 1. The van der Waals surface area contributed by atoms with Gasteiger partial charge in [0.15, 0.2) is 0 Å². The summed E-state index contributed by atoms with van der Waals surface area (Å²) in [6.07, 6.45) is 6.59. The van der Waals surface area contributed by atoms with Gasteiger partial charge in [-0.1, -0.05) is 37.5 Å². The SMILES string of the molecule is Cc1ccc2c(c1)CC(CC1(C#N)CCCC(C)C1)O2. The maximum Gasteiger partial charge on any atom is 0.123 e. The zero-order chi connectivity index (χ0) is 14.2. The van der Waals surface area contributed by atoms with Gasteiger partial charge in [0.05, 0.1) is 11.5 Å². The molecule has 1 aliphatic heterocycles. The van der Waals surface area contributed by atoms with Crippen LogP contribution in [0, 0.1) is 29.6 Å². The molecule has 1 aliphatic carbocycles. The number of hydrogen-bond acceptors (Lipinski definition) is 2. The first-order chi connectivity index (χ1) is 9.60. The molecule has 0 radical (unpaired) electrons. The average molecular weight is 269 g/mol. The minimum absolute atomic E-state index is 0.153. The predicted molar refractivity (Wildman–Crippen MR) is 79.6 cm³/mol. The third kappa shape index (κ3) is 2.54. The lowest BCUT2D eigenvalue weighted by molar-refractivity contribution is 0.119. The van der Waals surface area contributed by atoms with E-state index in [0.29, 0.717) is 5.92 Å². The molecule has 1 heterocycles. The molecule has 106 valence electrons. The van der Waals surface area contributed by atoms with E-state index in [0.717, 1.165) is 31.4 Å². The first-order valence-electron chi connectivity index (χ1n) is 7.78. The van der Waals surface area contributed by atoms with Gasteiger partial charge in [0.25, 0.3) is 0 Å². The Morgan fingerprint density at radius 2 is 2.30 bits per heavy atom. The van der Waals surface area contributed by atoms with Crippen LogP contribution in [-0.4, -0.2) is 6.10 Å². The van der Waals surface area contributed by atoms with Crippen molar-refractivity contribution in [2.24, 2.45) is 11.3 Å². The standard InChI is InChI=1S/C18H23NO/c1-13-5-6-17-15(8-13)9-16(20-17)11-18(12-19)7-3-4-14(2)10-18/h5-6,8,14,16H,3-4,7,9-11H2,1-2H3. The minimum atomic E-state index is -0.153. The second kappa shape index (κ2) is 5.13. The number of hydrogen-bond donors (Lipinski definition) is 0. The molecule has 0 bridgehead atoms. The van der Waals surface area contributed by atoms with Crippen molar-refractivity contribution in [1.82, 2.24) is 0 Å². The van der Waals surface area contributed by atoms with Gasteiger partial charge < -0.3 is 4.74 Å². The summed E-state index contributed by atoms with van der Waals surface area (Å²) in [7, 11) is 0. The topological polar surface area (TPSA) is 33.0 Å². The fraction of sp³-hybridized carbons (Fsp3) is 0.611. The quantitative estimate of drug-likeness (QED) is 0.796. The molecule has 3 rings (SSSR count). The van der Waals surface area contributed by atoms with Crippen molar-refractivity contribution in [2.75, 3.05) is 0 Å². The van der Waals surface area contributed by atoms with Crippen molar-refractivity contribution in [3.8, 4) is 11.8 Å². The lowest BCUT2D eigenvalue weighted by Gasteiger charge is -2.35. The number of ether oxygens (including phenoxy) is 1. The molecule has 2 aliphatic rings. The van der Waals surface area contributed by atoms with E-state index in [2.05, 4.69) is 38.1 Å². The summed E-state index contributed by atoms with van der Waals surface area (Å²) in [4.78, 5) is 0. The maximum absolute atomic E-state index is 9.68. The molecule has 1 aromatic carbocycles. The van der Waals surface area contributed by atoms with Crippen LogP contribution in [0.15, 0.2) is 18.2 Å². The number of rotatable bonds is 2. The maximum atomic E-state index is 9.68. The summed E-state index contributed by atoms with van der Waals surface area (Å²) >= 11 is 0. The lowest BCUT2D eigenvalue weighted by atomic mass is 9.68. The van der Waals surface area contributed by atoms with Crippen LogP contribution in [0.4, 0.5) is 0 Å². The average Bonchev–Trinajstić information content (AvgIpc) is 2.79. The van der Waals surface area contributed by atoms with E-state index in [1.165, 1.54) is 24.0 Å². The van der Waals surface area contributed by atoms with Gasteiger partial charge in [-0.25, -0.2) is 0 Å². The Balaban J connectivity index is 1.72. The second-order valence-corrected chi connectivity index (χ2v) is 6.85. The summed E-state index contributed by atoms with van der Waals surface area (Å²) < 4.78 is 6.08. The number of nitriles is 1. The molecule has 1 fully saturated rings.